The molecule has 0 radical (unpaired) electrons. The first-order chi connectivity index (χ1) is 9.15. The SMILES string of the molecule is Nc1nc(-c2cc(Br)ccc2O)nc2ccccc12. The van der Waals surface area contributed by atoms with Crippen LogP contribution in [0.5, 0.6) is 5.75 Å². The molecule has 0 bridgehead atoms. The standard InChI is InChI=1S/C14H10BrN3O/c15-8-5-6-12(19)10(7-8)14-17-11-4-2-1-3-9(11)13(16)18-14/h1-7,19H,(H2,16,17,18). The maximum atomic E-state index is 9.91. The normalized spacial score (nSPS) is 10.8. The number of phenolic OH excluding ortho intramolecular Hbond substituents is 1. The van der Waals surface area contributed by atoms with E-state index in [9.17, 15) is 5.11 Å². The number of anilines is 1. The van der Waals surface area contributed by atoms with Gasteiger partial charge in [-0.2, -0.15) is 0 Å². The molecule has 0 saturated heterocycles. The van der Waals surface area contributed by atoms with Crippen molar-refractivity contribution in [3.63, 3.8) is 0 Å². The number of nitrogens with two attached hydrogens (primary N) is 1. The fourth-order valence-electron chi connectivity index (χ4n) is 1.91. The highest BCUT2D eigenvalue weighted by Crippen LogP contribution is 2.31. The molecule has 3 rings (SSSR count). The number of benzene rings is 2. The van der Waals surface area contributed by atoms with Crippen molar-refractivity contribution < 1.29 is 5.11 Å². The van der Waals surface area contributed by atoms with E-state index in [1.165, 1.54) is 0 Å². The third-order valence-electron chi connectivity index (χ3n) is 2.83. The van der Waals surface area contributed by atoms with E-state index in [2.05, 4.69) is 25.9 Å². The molecule has 0 atom stereocenters. The number of aromatic hydroxyl groups is 1. The molecule has 1 aromatic heterocycles. The number of nitrogen functional groups attached to an aromatic ring is 1. The Morgan fingerprint density at radius 3 is 2.68 bits per heavy atom. The molecule has 0 amide bonds. The molecule has 3 N–H and O–H groups in total. The highest BCUT2D eigenvalue weighted by molar-refractivity contribution is 9.10. The van der Waals surface area contributed by atoms with E-state index >= 15 is 0 Å². The third-order valence-corrected chi connectivity index (χ3v) is 3.33. The molecular formula is C14H10BrN3O. The van der Waals surface area contributed by atoms with Crippen molar-refractivity contribution in [2.75, 3.05) is 5.73 Å². The second kappa shape index (κ2) is 4.51. The monoisotopic (exact) mass is 315 g/mol. The van der Waals surface area contributed by atoms with Crippen molar-refractivity contribution in [2.45, 2.75) is 0 Å². The van der Waals surface area contributed by atoms with Crippen molar-refractivity contribution in [3.05, 3.63) is 46.9 Å². The topological polar surface area (TPSA) is 72.0 Å². The fourth-order valence-corrected chi connectivity index (χ4v) is 2.27. The average molecular weight is 316 g/mol. The molecule has 0 aliphatic carbocycles. The van der Waals surface area contributed by atoms with Gasteiger partial charge in [-0.05, 0) is 30.3 Å². The molecule has 0 spiro atoms. The molecule has 1 heterocycles. The van der Waals surface area contributed by atoms with E-state index in [0.717, 1.165) is 15.4 Å². The maximum Gasteiger partial charge on any atom is 0.165 e. The van der Waals surface area contributed by atoms with Crippen LogP contribution in [0.3, 0.4) is 0 Å². The predicted octanol–water partition coefficient (Wildman–Crippen LogP) is 3.35. The van der Waals surface area contributed by atoms with Gasteiger partial charge in [0.05, 0.1) is 11.1 Å². The summed E-state index contributed by atoms with van der Waals surface area (Å²) in [5.74, 6) is 0.938. The zero-order valence-corrected chi connectivity index (χ0v) is 11.4. The highest BCUT2D eigenvalue weighted by atomic mass is 79.9. The smallest absolute Gasteiger partial charge is 0.165 e. The van der Waals surface area contributed by atoms with Gasteiger partial charge in [-0.15, -0.1) is 0 Å². The quantitative estimate of drug-likeness (QED) is 0.722. The summed E-state index contributed by atoms with van der Waals surface area (Å²) >= 11 is 3.36. The fraction of sp³-hybridized carbons (Fsp3) is 0. The van der Waals surface area contributed by atoms with Gasteiger partial charge in [-0.3, -0.25) is 0 Å². The van der Waals surface area contributed by atoms with Crippen LogP contribution in [0, 0.1) is 0 Å². The minimum absolute atomic E-state index is 0.123. The summed E-state index contributed by atoms with van der Waals surface area (Å²) in [5.41, 5.74) is 7.24. The Balaban J connectivity index is 2.28. The first-order valence-corrected chi connectivity index (χ1v) is 6.45. The Morgan fingerprint density at radius 2 is 1.84 bits per heavy atom. The van der Waals surface area contributed by atoms with Gasteiger partial charge in [-0.25, -0.2) is 9.97 Å². The number of rotatable bonds is 1. The largest absolute Gasteiger partial charge is 0.507 e. The van der Waals surface area contributed by atoms with Crippen LogP contribution >= 0.6 is 15.9 Å². The van der Waals surface area contributed by atoms with Gasteiger partial charge < -0.3 is 10.8 Å². The zero-order chi connectivity index (χ0) is 13.4. The first kappa shape index (κ1) is 11.9. The second-order valence-corrected chi connectivity index (χ2v) is 5.03. The lowest BCUT2D eigenvalue weighted by molar-refractivity contribution is 0.477. The lowest BCUT2D eigenvalue weighted by atomic mass is 10.1. The third kappa shape index (κ3) is 2.13. The average Bonchev–Trinajstić information content (AvgIpc) is 2.41. The van der Waals surface area contributed by atoms with E-state index in [0.29, 0.717) is 17.2 Å². The summed E-state index contributed by atoms with van der Waals surface area (Å²) in [6, 6.07) is 12.6. The van der Waals surface area contributed by atoms with Gasteiger partial charge in [0.25, 0.3) is 0 Å². The maximum absolute atomic E-state index is 9.91. The molecule has 5 heteroatoms. The number of hydrogen-bond donors (Lipinski definition) is 2. The van der Waals surface area contributed by atoms with Gasteiger partial charge in [0, 0.05) is 9.86 Å². The van der Waals surface area contributed by atoms with Crippen LogP contribution in [0.15, 0.2) is 46.9 Å². The van der Waals surface area contributed by atoms with Crippen molar-refractivity contribution in [3.8, 4) is 17.1 Å². The van der Waals surface area contributed by atoms with Crippen molar-refractivity contribution in [1.82, 2.24) is 9.97 Å². The molecule has 3 aromatic rings. The Hall–Kier alpha value is -2.14. The minimum atomic E-state index is 0.123. The van der Waals surface area contributed by atoms with Crippen LogP contribution in [0.2, 0.25) is 0 Å². The number of hydrogen-bond acceptors (Lipinski definition) is 4. The minimum Gasteiger partial charge on any atom is -0.507 e. The molecule has 19 heavy (non-hydrogen) atoms. The molecule has 0 aliphatic heterocycles. The van der Waals surface area contributed by atoms with Gasteiger partial charge in [-0.1, -0.05) is 28.1 Å². The van der Waals surface area contributed by atoms with Crippen LogP contribution in [-0.2, 0) is 0 Å². The number of nitrogens with zero attached hydrogens (tertiary/aromatic N) is 2. The predicted molar refractivity (Wildman–Crippen MR) is 78.8 cm³/mol. The lowest BCUT2D eigenvalue weighted by Gasteiger charge is -2.07. The lowest BCUT2D eigenvalue weighted by Crippen LogP contribution is -1.97. The van der Waals surface area contributed by atoms with Gasteiger partial charge in [0.1, 0.15) is 11.6 Å². The summed E-state index contributed by atoms with van der Waals surface area (Å²) in [6.45, 7) is 0. The van der Waals surface area contributed by atoms with Crippen LogP contribution < -0.4 is 5.73 Å². The van der Waals surface area contributed by atoms with Crippen molar-refractivity contribution in [1.29, 1.82) is 0 Å². The molecule has 2 aromatic carbocycles. The summed E-state index contributed by atoms with van der Waals surface area (Å²) in [4.78, 5) is 8.70. The van der Waals surface area contributed by atoms with Crippen LogP contribution in [0.4, 0.5) is 5.82 Å². The van der Waals surface area contributed by atoms with E-state index in [1.54, 1.807) is 18.2 Å². The zero-order valence-electron chi connectivity index (χ0n) is 9.84. The van der Waals surface area contributed by atoms with Crippen LogP contribution in [0.1, 0.15) is 0 Å². The molecule has 4 nitrogen and oxygen atoms in total. The first-order valence-electron chi connectivity index (χ1n) is 5.66. The van der Waals surface area contributed by atoms with E-state index < -0.39 is 0 Å². The molecule has 94 valence electrons. The number of halogens is 1. The second-order valence-electron chi connectivity index (χ2n) is 4.11. The Morgan fingerprint density at radius 1 is 1.05 bits per heavy atom. The van der Waals surface area contributed by atoms with Crippen molar-refractivity contribution >= 4 is 32.7 Å². The summed E-state index contributed by atoms with van der Waals surface area (Å²) in [5, 5.41) is 10.7. The van der Waals surface area contributed by atoms with E-state index in [-0.39, 0.29) is 5.75 Å². The van der Waals surface area contributed by atoms with Crippen molar-refractivity contribution in [2.24, 2.45) is 0 Å². The Kier molecular flexibility index (Phi) is 2.83. The molecular weight excluding hydrogens is 306 g/mol. The van der Waals surface area contributed by atoms with E-state index in [4.69, 9.17) is 5.73 Å². The molecule has 0 fully saturated rings. The van der Waals surface area contributed by atoms with Crippen LogP contribution in [-0.4, -0.2) is 15.1 Å². The summed E-state index contributed by atoms with van der Waals surface area (Å²) in [6.07, 6.45) is 0. The number of phenols is 1. The molecule has 0 unspecified atom stereocenters. The molecule has 0 aliphatic rings. The Labute approximate surface area is 118 Å². The number of para-hydroxylation sites is 1. The number of aromatic nitrogens is 2. The van der Waals surface area contributed by atoms with Crippen LogP contribution in [0.25, 0.3) is 22.3 Å². The van der Waals surface area contributed by atoms with Gasteiger partial charge in [0.2, 0.25) is 0 Å². The van der Waals surface area contributed by atoms with Gasteiger partial charge >= 0.3 is 0 Å². The van der Waals surface area contributed by atoms with Gasteiger partial charge in [0.15, 0.2) is 5.82 Å². The highest BCUT2D eigenvalue weighted by Gasteiger charge is 2.11. The van der Waals surface area contributed by atoms with E-state index in [1.807, 2.05) is 24.3 Å². The number of fused-ring (bicyclic) bond motifs is 1. The Bertz CT molecular complexity index is 774. The summed E-state index contributed by atoms with van der Waals surface area (Å²) < 4.78 is 0.843. The molecule has 0 saturated carbocycles. The summed E-state index contributed by atoms with van der Waals surface area (Å²) in [7, 11) is 0.